The summed E-state index contributed by atoms with van der Waals surface area (Å²) in [6.45, 7) is 6.24. The van der Waals surface area contributed by atoms with Gasteiger partial charge >= 0.3 is 0 Å². The monoisotopic (exact) mass is 250 g/mol. The van der Waals surface area contributed by atoms with Gasteiger partial charge in [0.2, 0.25) is 0 Å². The molecule has 1 heterocycles. The second-order valence-electron chi connectivity index (χ2n) is 4.73. The van der Waals surface area contributed by atoms with Crippen molar-refractivity contribution in [3.05, 3.63) is 28.8 Å². The molecular weight excluding hydrogens is 228 g/mol. The fourth-order valence-corrected chi connectivity index (χ4v) is 3.32. The standard InChI is InChI=1S/C15H22OS/c1-3-11-5-6-14(15(17)13(11)4-2)12-7-9-16-10-8-12/h5-6,12,17H,3-4,7-10H2,1-2H3. The van der Waals surface area contributed by atoms with Gasteiger partial charge in [-0.1, -0.05) is 26.0 Å². The highest BCUT2D eigenvalue weighted by Gasteiger charge is 2.19. The van der Waals surface area contributed by atoms with E-state index >= 15 is 0 Å². The third-order valence-electron chi connectivity index (χ3n) is 3.81. The van der Waals surface area contributed by atoms with Crippen LogP contribution < -0.4 is 0 Å². The summed E-state index contributed by atoms with van der Waals surface area (Å²) in [7, 11) is 0. The van der Waals surface area contributed by atoms with Gasteiger partial charge in [0.1, 0.15) is 0 Å². The van der Waals surface area contributed by atoms with E-state index in [2.05, 4.69) is 26.0 Å². The van der Waals surface area contributed by atoms with Crippen molar-refractivity contribution in [1.29, 1.82) is 0 Å². The first-order chi connectivity index (χ1) is 8.27. The van der Waals surface area contributed by atoms with Crippen molar-refractivity contribution in [2.45, 2.75) is 50.3 Å². The second-order valence-corrected chi connectivity index (χ2v) is 5.18. The molecule has 1 fully saturated rings. The molecule has 2 rings (SSSR count). The first kappa shape index (κ1) is 13.0. The van der Waals surface area contributed by atoms with Crippen molar-refractivity contribution in [1.82, 2.24) is 0 Å². The third kappa shape index (κ3) is 2.69. The molecule has 0 spiro atoms. The zero-order chi connectivity index (χ0) is 12.3. The van der Waals surface area contributed by atoms with Crippen LogP contribution in [0.4, 0.5) is 0 Å². The van der Waals surface area contributed by atoms with Crippen LogP contribution in [0, 0.1) is 0 Å². The minimum absolute atomic E-state index is 0.646. The second kappa shape index (κ2) is 5.92. The van der Waals surface area contributed by atoms with Crippen molar-refractivity contribution >= 4 is 12.6 Å². The highest BCUT2D eigenvalue weighted by atomic mass is 32.1. The van der Waals surface area contributed by atoms with Crippen LogP contribution >= 0.6 is 12.6 Å². The van der Waals surface area contributed by atoms with E-state index in [0.717, 1.165) is 38.9 Å². The number of aryl methyl sites for hydroxylation is 1. The number of thiol groups is 1. The molecule has 94 valence electrons. The molecule has 1 aromatic carbocycles. The van der Waals surface area contributed by atoms with Crippen LogP contribution in [-0.2, 0) is 17.6 Å². The molecule has 0 N–H and O–H groups in total. The van der Waals surface area contributed by atoms with Gasteiger partial charge in [0.05, 0.1) is 0 Å². The van der Waals surface area contributed by atoms with E-state index in [4.69, 9.17) is 17.4 Å². The topological polar surface area (TPSA) is 9.23 Å². The van der Waals surface area contributed by atoms with Gasteiger partial charge in [0, 0.05) is 18.1 Å². The molecule has 0 radical (unpaired) electrons. The SMILES string of the molecule is CCc1ccc(C2CCOCC2)c(S)c1CC. The first-order valence-corrected chi connectivity index (χ1v) is 7.14. The Kier molecular flexibility index (Phi) is 4.52. The number of rotatable bonds is 3. The lowest BCUT2D eigenvalue weighted by atomic mass is 9.88. The van der Waals surface area contributed by atoms with Crippen LogP contribution in [0.15, 0.2) is 17.0 Å². The highest BCUT2D eigenvalue weighted by molar-refractivity contribution is 7.80. The van der Waals surface area contributed by atoms with Gasteiger partial charge in [0.15, 0.2) is 0 Å². The molecular formula is C15H22OS. The van der Waals surface area contributed by atoms with Gasteiger partial charge in [-0.05, 0) is 48.3 Å². The van der Waals surface area contributed by atoms with Crippen LogP contribution in [0.3, 0.4) is 0 Å². The van der Waals surface area contributed by atoms with Crippen LogP contribution in [0.1, 0.15) is 49.3 Å². The summed E-state index contributed by atoms with van der Waals surface area (Å²) in [4.78, 5) is 1.23. The molecule has 2 heteroatoms. The van der Waals surface area contributed by atoms with Crippen molar-refractivity contribution in [3.63, 3.8) is 0 Å². The largest absolute Gasteiger partial charge is 0.381 e. The summed E-state index contributed by atoms with van der Waals surface area (Å²) in [5.74, 6) is 0.646. The Morgan fingerprint density at radius 3 is 2.47 bits per heavy atom. The van der Waals surface area contributed by atoms with Crippen molar-refractivity contribution < 1.29 is 4.74 Å². The molecule has 1 aromatic rings. The molecule has 0 aliphatic carbocycles. The Morgan fingerprint density at radius 1 is 1.18 bits per heavy atom. The quantitative estimate of drug-likeness (QED) is 0.798. The van der Waals surface area contributed by atoms with E-state index in [9.17, 15) is 0 Å². The molecule has 0 bridgehead atoms. The number of hydrogen-bond acceptors (Lipinski definition) is 2. The molecule has 1 saturated heterocycles. The number of ether oxygens (including phenoxy) is 1. The van der Waals surface area contributed by atoms with E-state index < -0.39 is 0 Å². The lowest BCUT2D eigenvalue weighted by Gasteiger charge is -2.25. The van der Waals surface area contributed by atoms with Gasteiger partial charge in [-0.15, -0.1) is 12.6 Å². The summed E-state index contributed by atoms with van der Waals surface area (Å²) in [5, 5.41) is 0. The molecule has 1 aliphatic heterocycles. The van der Waals surface area contributed by atoms with E-state index in [1.165, 1.54) is 21.6 Å². The van der Waals surface area contributed by atoms with Crippen LogP contribution in [0.25, 0.3) is 0 Å². The predicted molar refractivity (Wildman–Crippen MR) is 75.2 cm³/mol. The average molecular weight is 250 g/mol. The number of benzene rings is 1. The Bertz CT molecular complexity index is 381. The van der Waals surface area contributed by atoms with Gasteiger partial charge in [-0.3, -0.25) is 0 Å². The summed E-state index contributed by atoms with van der Waals surface area (Å²) in [6, 6.07) is 4.58. The van der Waals surface area contributed by atoms with Gasteiger partial charge in [0.25, 0.3) is 0 Å². The summed E-state index contributed by atoms with van der Waals surface area (Å²) in [6.07, 6.45) is 4.47. The Labute approximate surface area is 110 Å². The zero-order valence-corrected chi connectivity index (χ0v) is 11.7. The molecule has 1 nitrogen and oxygen atoms in total. The van der Waals surface area contributed by atoms with Crippen molar-refractivity contribution in [2.24, 2.45) is 0 Å². The normalized spacial score (nSPS) is 17.4. The lowest BCUT2D eigenvalue weighted by molar-refractivity contribution is 0.0848. The smallest absolute Gasteiger partial charge is 0.0471 e. The average Bonchev–Trinajstić information content (AvgIpc) is 2.39. The van der Waals surface area contributed by atoms with E-state index in [1.807, 2.05) is 0 Å². The maximum absolute atomic E-state index is 5.44. The molecule has 0 aromatic heterocycles. The Hall–Kier alpha value is -0.470. The van der Waals surface area contributed by atoms with Crippen molar-refractivity contribution in [2.75, 3.05) is 13.2 Å². The molecule has 17 heavy (non-hydrogen) atoms. The lowest BCUT2D eigenvalue weighted by Crippen LogP contribution is -2.15. The fraction of sp³-hybridized carbons (Fsp3) is 0.600. The van der Waals surface area contributed by atoms with Crippen LogP contribution in [0.5, 0.6) is 0 Å². The van der Waals surface area contributed by atoms with E-state index in [-0.39, 0.29) is 0 Å². The molecule has 0 saturated carbocycles. The maximum atomic E-state index is 5.44. The highest BCUT2D eigenvalue weighted by Crippen LogP contribution is 2.34. The van der Waals surface area contributed by atoms with Crippen LogP contribution in [0.2, 0.25) is 0 Å². The maximum Gasteiger partial charge on any atom is 0.0471 e. The summed E-state index contributed by atoms with van der Waals surface area (Å²) >= 11 is 4.78. The zero-order valence-electron chi connectivity index (χ0n) is 10.8. The van der Waals surface area contributed by atoms with Gasteiger partial charge < -0.3 is 4.74 Å². The van der Waals surface area contributed by atoms with Gasteiger partial charge in [-0.2, -0.15) is 0 Å². The summed E-state index contributed by atoms with van der Waals surface area (Å²) in [5.41, 5.74) is 4.33. The predicted octanol–water partition coefficient (Wildman–Crippen LogP) is 3.99. The number of hydrogen-bond donors (Lipinski definition) is 1. The van der Waals surface area contributed by atoms with Crippen molar-refractivity contribution in [3.8, 4) is 0 Å². The molecule has 0 atom stereocenters. The molecule has 0 unspecified atom stereocenters. The first-order valence-electron chi connectivity index (χ1n) is 6.69. The Balaban J connectivity index is 2.34. The minimum atomic E-state index is 0.646. The van der Waals surface area contributed by atoms with Gasteiger partial charge in [-0.25, -0.2) is 0 Å². The molecule has 0 amide bonds. The van der Waals surface area contributed by atoms with Crippen LogP contribution in [-0.4, -0.2) is 13.2 Å². The van der Waals surface area contributed by atoms with E-state index in [0.29, 0.717) is 5.92 Å². The van der Waals surface area contributed by atoms with E-state index in [1.54, 1.807) is 0 Å². The third-order valence-corrected chi connectivity index (χ3v) is 4.33. The minimum Gasteiger partial charge on any atom is -0.381 e. The Morgan fingerprint density at radius 2 is 1.88 bits per heavy atom. The molecule has 1 aliphatic rings. The fourth-order valence-electron chi connectivity index (χ4n) is 2.76. The summed E-state index contributed by atoms with van der Waals surface area (Å²) < 4.78 is 5.44.